The number of carbonyl (C=O) groups is 1. The molecular weight excluding hydrogens is 318 g/mol. The maximum absolute atomic E-state index is 11.4. The van der Waals surface area contributed by atoms with Crippen molar-refractivity contribution in [3.63, 3.8) is 0 Å². The first-order valence-electron chi connectivity index (χ1n) is 7.34. The van der Waals surface area contributed by atoms with E-state index in [1.807, 2.05) is 12.1 Å². The second-order valence-electron chi connectivity index (χ2n) is 6.10. The number of carbonyl (C=O) groups excluding carboxylic acids is 1. The van der Waals surface area contributed by atoms with Crippen molar-refractivity contribution in [2.45, 2.75) is 25.7 Å². The number of methoxy groups -OCH3 is 1. The summed E-state index contributed by atoms with van der Waals surface area (Å²) in [6, 6.07) is 6.84. The number of furan rings is 1. The van der Waals surface area contributed by atoms with Gasteiger partial charge in [0.2, 0.25) is 5.76 Å². The maximum Gasteiger partial charge on any atom is 0.374 e. The van der Waals surface area contributed by atoms with Gasteiger partial charge in [-0.05, 0) is 35.6 Å². The average molecular weight is 336 g/mol. The fourth-order valence-corrected chi connectivity index (χ4v) is 2.88. The molecule has 1 aliphatic rings. The number of hydrogen-bond donors (Lipinski definition) is 1. The highest BCUT2D eigenvalue weighted by molar-refractivity contribution is 6.32. The van der Waals surface area contributed by atoms with E-state index in [0.717, 1.165) is 24.2 Å². The van der Waals surface area contributed by atoms with Gasteiger partial charge < -0.3 is 19.2 Å². The van der Waals surface area contributed by atoms with Crippen molar-refractivity contribution < 1.29 is 18.7 Å². The Morgan fingerprint density at radius 3 is 2.87 bits per heavy atom. The number of fused-ring (bicyclic) bond motifs is 1. The summed E-state index contributed by atoms with van der Waals surface area (Å²) in [6.45, 7) is 5.29. The number of nitrogens with one attached hydrogen (secondary N) is 1. The van der Waals surface area contributed by atoms with E-state index in [1.165, 1.54) is 13.2 Å². The minimum Gasteiger partial charge on any atom is -0.463 e. The van der Waals surface area contributed by atoms with Crippen LogP contribution in [-0.2, 0) is 10.2 Å². The molecule has 3 rings (SSSR count). The number of esters is 1. The van der Waals surface area contributed by atoms with Gasteiger partial charge in [0.05, 0.1) is 12.1 Å². The molecule has 0 radical (unpaired) electrons. The number of anilines is 1. The smallest absolute Gasteiger partial charge is 0.374 e. The van der Waals surface area contributed by atoms with E-state index in [0.29, 0.717) is 10.8 Å². The van der Waals surface area contributed by atoms with E-state index in [2.05, 4.69) is 23.9 Å². The molecule has 0 atom stereocenters. The molecule has 6 heteroatoms. The van der Waals surface area contributed by atoms with Gasteiger partial charge in [-0.25, -0.2) is 4.79 Å². The predicted molar refractivity (Wildman–Crippen MR) is 87.7 cm³/mol. The molecule has 122 valence electrons. The number of benzene rings is 1. The molecule has 0 spiro atoms. The monoisotopic (exact) mass is 335 g/mol. The van der Waals surface area contributed by atoms with Gasteiger partial charge in [-0.1, -0.05) is 25.4 Å². The molecule has 5 nitrogen and oxygen atoms in total. The van der Waals surface area contributed by atoms with Crippen LogP contribution in [0.2, 0.25) is 5.02 Å². The van der Waals surface area contributed by atoms with Crippen molar-refractivity contribution in [2.75, 3.05) is 19.0 Å². The highest BCUT2D eigenvalue weighted by Crippen LogP contribution is 2.43. The standard InChI is InChI=1S/C17H18ClNO4/c1-17(2)6-7-19-12-9-11(18)14(8-10(12)17)23-15-5-4-13(22-15)16(20)21-3/h4-5,8-9,19H,6-7H2,1-3H3. The van der Waals surface area contributed by atoms with Gasteiger partial charge in [0.1, 0.15) is 5.75 Å². The molecule has 2 heterocycles. The zero-order chi connectivity index (χ0) is 16.6. The van der Waals surface area contributed by atoms with Crippen molar-refractivity contribution in [2.24, 2.45) is 0 Å². The molecule has 1 aromatic carbocycles. The van der Waals surface area contributed by atoms with Gasteiger partial charge in [-0.15, -0.1) is 0 Å². The van der Waals surface area contributed by atoms with Crippen LogP contribution in [0.3, 0.4) is 0 Å². The van der Waals surface area contributed by atoms with Crippen LogP contribution in [0, 0.1) is 0 Å². The van der Waals surface area contributed by atoms with Crippen LogP contribution in [0.15, 0.2) is 28.7 Å². The van der Waals surface area contributed by atoms with Gasteiger partial charge >= 0.3 is 5.97 Å². The highest BCUT2D eigenvalue weighted by atomic mass is 35.5. The summed E-state index contributed by atoms with van der Waals surface area (Å²) in [5, 5.41) is 3.83. The zero-order valence-corrected chi connectivity index (χ0v) is 14.0. The van der Waals surface area contributed by atoms with Crippen molar-refractivity contribution in [1.82, 2.24) is 0 Å². The summed E-state index contributed by atoms with van der Waals surface area (Å²) < 4.78 is 15.6. The van der Waals surface area contributed by atoms with Crippen LogP contribution in [0.25, 0.3) is 0 Å². The molecule has 2 aromatic rings. The Kier molecular flexibility index (Phi) is 3.98. The lowest BCUT2D eigenvalue weighted by atomic mass is 9.78. The predicted octanol–water partition coefficient (Wildman–Crippen LogP) is 4.61. The number of rotatable bonds is 3. The summed E-state index contributed by atoms with van der Waals surface area (Å²) in [6.07, 6.45) is 1.02. The van der Waals surface area contributed by atoms with Crippen LogP contribution < -0.4 is 10.1 Å². The summed E-state index contributed by atoms with van der Waals surface area (Å²) in [7, 11) is 1.29. The van der Waals surface area contributed by atoms with E-state index in [1.54, 1.807) is 6.07 Å². The third kappa shape index (κ3) is 3.01. The van der Waals surface area contributed by atoms with Gasteiger partial charge in [0.25, 0.3) is 5.95 Å². The van der Waals surface area contributed by atoms with Gasteiger partial charge in [0, 0.05) is 18.3 Å². The summed E-state index contributed by atoms with van der Waals surface area (Å²) in [5.41, 5.74) is 2.19. The molecule has 0 unspecified atom stereocenters. The van der Waals surface area contributed by atoms with Gasteiger partial charge in [-0.2, -0.15) is 0 Å². The fraction of sp³-hybridized carbons (Fsp3) is 0.353. The highest BCUT2D eigenvalue weighted by Gasteiger charge is 2.29. The first kappa shape index (κ1) is 15.7. The van der Waals surface area contributed by atoms with E-state index in [-0.39, 0.29) is 17.1 Å². The lowest BCUT2D eigenvalue weighted by molar-refractivity contribution is 0.0560. The van der Waals surface area contributed by atoms with Crippen LogP contribution in [0.1, 0.15) is 36.4 Å². The van der Waals surface area contributed by atoms with Crippen molar-refractivity contribution in [3.05, 3.63) is 40.6 Å². The van der Waals surface area contributed by atoms with Crippen molar-refractivity contribution >= 4 is 23.3 Å². The molecule has 23 heavy (non-hydrogen) atoms. The topological polar surface area (TPSA) is 60.7 Å². The van der Waals surface area contributed by atoms with Crippen molar-refractivity contribution in [1.29, 1.82) is 0 Å². The number of ether oxygens (including phenoxy) is 2. The Bertz CT molecular complexity index is 751. The summed E-state index contributed by atoms with van der Waals surface area (Å²) in [4.78, 5) is 11.4. The van der Waals surface area contributed by atoms with Crippen LogP contribution >= 0.6 is 11.6 Å². The summed E-state index contributed by atoms with van der Waals surface area (Å²) in [5.74, 6) is 0.210. The van der Waals surface area contributed by atoms with E-state index >= 15 is 0 Å². The second-order valence-corrected chi connectivity index (χ2v) is 6.51. The van der Waals surface area contributed by atoms with E-state index in [4.69, 9.17) is 20.8 Å². The largest absolute Gasteiger partial charge is 0.463 e. The number of halogens is 1. The van der Waals surface area contributed by atoms with Crippen LogP contribution in [0.4, 0.5) is 5.69 Å². The quantitative estimate of drug-likeness (QED) is 0.830. The molecule has 0 saturated heterocycles. The third-order valence-corrected chi connectivity index (χ3v) is 4.34. The minimum absolute atomic E-state index is 0.0314. The lowest BCUT2D eigenvalue weighted by Crippen LogP contribution is -2.28. The van der Waals surface area contributed by atoms with Gasteiger partial charge in [-0.3, -0.25) is 0 Å². The molecule has 1 aliphatic heterocycles. The van der Waals surface area contributed by atoms with Crippen molar-refractivity contribution in [3.8, 4) is 11.7 Å². The SMILES string of the molecule is COC(=O)c1ccc(Oc2cc3c(cc2Cl)NCCC3(C)C)o1. The molecule has 1 aromatic heterocycles. The fourth-order valence-electron chi connectivity index (χ4n) is 2.68. The van der Waals surface area contributed by atoms with E-state index < -0.39 is 5.97 Å². The lowest BCUT2D eigenvalue weighted by Gasteiger charge is -2.33. The number of hydrogen-bond acceptors (Lipinski definition) is 5. The Hall–Kier alpha value is -2.14. The molecule has 0 bridgehead atoms. The van der Waals surface area contributed by atoms with Gasteiger partial charge in [0.15, 0.2) is 0 Å². The molecule has 1 N–H and O–H groups in total. The average Bonchev–Trinajstić information content (AvgIpc) is 2.96. The Morgan fingerprint density at radius 2 is 2.13 bits per heavy atom. The zero-order valence-electron chi connectivity index (χ0n) is 13.2. The van der Waals surface area contributed by atoms with Crippen LogP contribution in [0.5, 0.6) is 11.7 Å². The normalized spacial score (nSPS) is 15.5. The molecule has 0 fully saturated rings. The second kappa shape index (κ2) is 5.81. The molecule has 0 saturated carbocycles. The van der Waals surface area contributed by atoms with Crippen LogP contribution in [-0.4, -0.2) is 19.6 Å². The summed E-state index contributed by atoms with van der Waals surface area (Å²) >= 11 is 6.30. The first-order valence-corrected chi connectivity index (χ1v) is 7.72. The first-order chi connectivity index (χ1) is 10.9. The third-order valence-electron chi connectivity index (χ3n) is 4.05. The Morgan fingerprint density at radius 1 is 1.35 bits per heavy atom. The molecular formula is C17H18ClNO4. The minimum atomic E-state index is -0.554. The maximum atomic E-state index is 11.4. The molecule has 0 aliphatic carbocycles. The van der Waals surface area contributed by atoms with E-state index in [9.17, 15) is 4.79 Å². The Labute approximate surface area is 139 Å². The Balaban J connectivity index is 1.91. The molecule has 0 amide bonds.